The van der Waals surface area contributed by atoms with Crippen LogP contribution in [0.3, 0.4) is 0 Å². The lowest BCUT2D eigenvalue weighted by molar-refractivity contribution is 0.315. The number of para-hydroxylation sites is 1. The van der Waals surface area contributed by atoms with Crippen molar-refractivity contribution in [1.82, 2.24) is 5.32 Å². The van der Waals surface area contributed by atoms with E-state index in [9.17, 15) is 0 Å². The molecule has 0 amide bonds. The van der Waals surface area contributed by atoms with Gasteiger partial charge >= 0.3 is 0 Å². The lowest BCUT2D eigenvalue weighted by atomic mass is 10.2. The van der Waals surface area contributed by atoms with Crippen molar-refractivity contribution in [2.45, 2.75) is 26.2 Å². The van der Waals surface area contributed by atoms with Gasteiger partial charge in [-0.25, -0.2) is 0 Å². The van der Waals surface area contributed by atoms with Crippen LogP contribution in [0.25, 0.3) is 0 Å². The van der Waals surface area contributed by atoms with Crippen molar-refractivity contribution in [2.75, 3.05) is 13.2 Å². The fourth-order valence-electron chi connectivity index (χ4n) is 1.72. The van der Waals surface area contributed by atoms with E-state index in [0.29, 0.717) is 6.61 Å². The Morgan fingerprint density at radius 3 is 2.88 bits per heavy atom. The Morgan fingerprint density at radius 1 is 1.31 bits per heavy atom. The first-order chi connectivity index (χ1) is 7.56. The molecule has 0 radical (unpaired) electrons. The Labute approximate surface area is 97.9 Å². The van der Waals surface area contributed by atoms with Gasteiger partial charge in [-0.2, -0.15) is 0 Å². The summed E-state index contributed by atoms with van der Waals surface area (Å²) in [4.78, 5) is 0. The molecule has 1 aromatic carbocycles. The molecule has 0 bridgehead atoms. The first-order valence-electron chi connectivity index (χ1n) is 5.71. The van der Waals surface area contributed by atoms with Crippen molar-refractivity contribution in [3.63, 3.8) is 0 Å². The van der Waals surface area contributed by atoms with E-state index in [0.717, 1.165) is 24.6 Å². The molecule has 3 nitrogen and oxygen atoms in total. The van der Waals surface area contributed by atoms with Crippen LogP contribution in [0.4, 0.5) is 0 Å². The molecule has 0 spiro atoms. The first kappa shape index (κ1) is 11.5. The smallest absolute Gasteiger partial charge is 0.242 e. The summed E-state index contributed by atoms with van der Waals surface area (Å²) in [6, 6.07) is 6.12. The molecule has 0 saturated carbocycles. The van der Waals surface area contributed by atoms with Gasteiger partial charge in [0.1, 0.15) is 12.4 Å². The second-order valence-corrected chi connectivity index (χ2v) is 9.41. The van der Waals surface area contributed by atoms with Crippen LogP contribution in [0.15, 0.2) is 18.2 Å². The molecule has 1 N–H and O–H groups in total. The van der Waals surface area contributed by atoms with E-state index < -0.39 is 8.32 Å². The van der Waals surface area contributed by atoms with Gasteiger partial charge in [0.15, 0.2) is 5.75 Å². The highest BCUT2D eigenvalue weighted by molar-refractivity contribution is 6.70. The number of nitrogens with one attached hydrogen (secondary N) is 1. The minimum Gasteiger partial charge on any atom is -0.542 e. The summed E-state index contributed by atoms with van der Waals surface area (Å²) in [5.74, 6) is 1.83. The van der Waals surface area contributed by atoms with Crippen LogP contribution in [-0.2, 0) is 6.54 Å². The zero-order valence-electron chi connectivity index (χ0n) is 10.2. The minimum atomic E-state index is -1.57. The predicted octanol–water partition coefficient (Wildman–Crippen LogP) is 2.38. The molecule has 4 heteroatoms. The van der Waals surface area contributed by atoms with Crippen LogP contribution in [0.2, 0.25) is 19.6 Å². The second-order valence-electron chi connectivity index (χ2n) is 4.98. The van der Waals surface area contributed by atoms with Crippen LogP contribution in [0.1, 0.15) is 5.56 Å². The van der Waals surface area contributed by atoms with E-state index in [-0.39, 0.29) is 0 Å². The summed E-state index contributed by atoms with van der Waals surface area (Å²) < 4.78 is 11.8. The van der Waals surface area contributed by atoms with Crippen LogP contribution in [0, 0.1) is 0 Å². The molecular weight excluding hydrogens is 218 g/mol. The van der Waals surface area contributed by atoms with Crippen molar-refractivity contribution < 1.29 is 9.16 Å². The molecule has 0 atom stereocenters. The monoisotopic (exact) mass is 237 g/mol. The number of rotatable bonds is 2. The Balaban J connectivity index is 2.31. The molecule has 1 aliphatic rings. The van der Waals surface area contributed by atoms with Gasteiger partial charge in [0, 0.05) is 18.7 Å². The number of fused-ring (bicyclic) bond motifs is 1. The zero-order valence-corrected chi connectivity index (χ0v) is 11.2. The summed E-state index contributed by atoms with van der Waals surface area (Å²) in [7, 11) is -1.57. The van der Waals surface area contributed by atoms with E-state index in [1.165, 1.54) is 5.56 Å². The molecule has 0 fully saturated rings. The van der Waals surface area contributed by atoms with E-state index in [4.69, 9.17) is 9.16 Å². The molecule has 0 aliphatic carbocycles. The second kappa shape index (κ2) is 4.47. The van der Waals surface area contributed by atoms with Gasteiger partial charge in [-0.1, -0.05) is 12.1 Å². The van der Waals surface area contributed by atoms with E-state index in [1.54, 1.807) is 0 Å². The number of benzene rings is 1. The van der Waals surface area contributed by atoms with E-state index in [1.807, 2.05) is 12.1 Å². The average molecular weight is 237 g/mol. The quantitative estimate of drug-likeness (QED) is 0.801. The van der Waals surface area contributed by atoms with Crippen LogP contribution in [-0.4, -0.2) is 21.5 Å². The molecule has 16 heavy (non-hydrogen) atoms. The largest absolute Gasteiger partial charge is 0.542 e. The molecule has 0 unspecified atom stereocenters. The average Bonchev–Trinajstić information content (AvgIpc) is 2.41. The first-order valence-corrected chi connectivity index (χ1v) is 9.11. The third-order valence-corrected chi connectivity index (χ3v) is 3.15. The maximum atomic E-state index is 6.04. The van der Waals surface area contributed by atoms with Crippen LogP contribution in [0.5, 0.6) is 11.5 Å². The van der Waals surface area contributed by atoms with Gasteiger partial charge in [-0.3, -0.25) is 0 Å². The third kappa shape index (κ3) is 2.77. The maximum absolute atomic E-state index is 6.04. The Hall–Kier alpha value is -1.00. The molecular formula is C12H19NO2Si. The Kier molecular flexibility index (Phi) is 3.21. The number of ether oxygens (including phenoxy) is 1. The van der Waals surface area contributed by atoms with Crippen molar-refractivity contribution in [3.8, 4) is 11.5 Å². The predicted molar refractivity (Wildman–Crippen MR) is 67.6 cm³/mol. The van der Waals surface area contributed by atoms with Gasteiger partial charge in [-0.05, 0) is 25.7 Å². The molecule has 88 valence electrons. The van der Waals surface area contributed by atoms with Gasteiger partial charge < -0.3 is 14.5 Å². The van der Waals surface area contributed by atoms with Crippen molar-refractivity contribution in [3.05, 3.63) is 23.8 Å². The lowest BCUT2D eigenvalue weighted by Gasteiger charge is -2.22. The molecule has 0 saturated heterocycles. The SMILES string of the molecule is C[Si](C)(C)Oc1cccc2c1OCCNC2. The van der Waals surface area contributed by atoms with Gasteiger partial charge in [0.2, 0.25) is 8.32 Å². The maximum Gasteiger partial charge on any atom is 0.242 e. The summed E-state index contributed by atoms with van der Waals surface area (Å²) in [6.07, 6.45) is 0. The highest BCUT2D eigenvalue weighted by Gasteiger charge is 2.21. The highest BCUT2D eigenvalue weighted by Crippen LogP contribution is 2.33. The Morgan fingerprint density at radius 2 is 2.12 bits per heavy atom. The van der Waals surface area contributed by atoms with Crippen molar-refractivity contribution in [2.24, 2.45) is 0 Å². The summed E-state index contributed by atoms with van der Waals surface area (Å²) >= 11 is 0. The molecule has 0 aromatic heterocycles. The number of hydrogen-bond donors (Lipinski definition) is 1. The number of hydrogen-bond acceptors (Lipinski definition) is 3. The van der Waals surface area contributed by atoms with Gasteiger partial charge in [-0.15, -0.1) is 0 Å². The Bertz CT molecular complexity index is 374. The van der Waals surface area contributed by atoms with Crippen LogP contribution < -0.4 is 14.5 Å². The molecule has 2 rings (SSSR count). The zero-order chi connectivity index (χ0) is 11.6. The normalized spacial score (nSPS) is 15.9. The fraction of sp³-hybridized carbons (Fsp3) is 0.500. The highest BCUT2D eigenvalue weighted by atomic mass is 28.4. The van der Waals surface area contributed by atoms with Crippen molar-refractivity contribution >= 4 is 8.32 Å². The molecule has 1 aliphatic heterocycles. The van der Waals surface area contributed by atoms with Crippen LogP contribution >= 0.6 is 0 Å². The van der Waals surface area contributed by atoms with E-state index in [2.05, 4.69) is 31.0 Å². The van der Waals surface area contributed by atoms with E-state index >= 15 is 0 Å². The van der Waals surface area contributed by atoms with Crippen molar-refractivity contribution in [1.29, 1.82) is 0 Å². The fourth-order valence-corrected chi connectivity index (χ4v) is 2.54. The molecule has 1 aromatic rings. The van der Waals surface area contributed by atoms with Gasteiger partial charge in [0.05, 0.1) is 0 Å². The minimum absolute atomic E-state index is 0.707. The summed E-state index contributed by atoms with van der Waals surface area (Å²) in [5.41, 5.74) is 1.19. The molecule has 1 heterocycles. The van der Waals surface area contributed by atoms with Gasteiger partial charge in [0.25, 0.3) is 0 Å². The summed E-state index contributed by atoms with van der Waals surface area (Å²) in [5, 5.41) is 3.32. The lowest BCUT2D eigenvalue weighted by Crippen LogP contribution is -2.29. The standard InChI is InChI=1S/C12H19NO2Si/c1-16(2,3)15-11-6-4-5-10-9-13-7-8-14-12(10)11/h4-6,13H,7-9H2,1-3H3. The summed E-state index contributed by atoms with van der Waals surface area (Å²) in [6.45, 7) is 9.00. The topological polar surface area (TPSA) is 30.5 Å². The third-order valence-electron chi connectivity index (χ3n) is 2.32.